The van der Waals surface area contributed by atoms with Crippen LogP contribution in [-0.2, 0) is 9.47 Å². The van der Waals surface area contributed by atoms with Crippen molar-refractivity contribution in [2.45, 2.75) is 74.0 Å². The van der Waals surface area contributed by atoms with Crippen LogP contribution in [0.1, 0.15) is 69.9 Å². The van der Waals surface area contributed by atoms with E-state index in [9.17, 15) is 4.79 Å². The van der Waals surface area contributed by atoms with Crippen molar-refractivity contribution in [2.24, 2.45) is 0 Å². The number of pyridine rings is 1. The Bertz CT molecular complexity index is 914. The minimum Gasteiger partial charge on any atom is -0.444 e. The highest BCUT2D eigenvalue weighted by molar-refractivity contribution is 7.99. The van der Waals surface area contributed by atoms with E-state index < -0.39 is 5.60 Å². The molecule has 7 nitrogen and oxygen atoms in total. The molecule has 4 heterocycles. The number of amides is 1. The van der Waals surface area contributed by atoms with Gasteiger partial charge in [0.05, 0.1) is 10.7 Å². The monoisotopic (exact) mass is 479 g/mol. The molecule has 9 heteroatoms. The van der Waals surface area contributed by atoms with E-state index in [-0.39, 0.29) is 17.9 Å². The molecule has 0 unspecified atom stereocenters. The molecular formula is C23H30ClN3O4S. The second kappa shape index (κ2) is 10.0. The van der Waals surface area contributed by atoms with Gasteiger partial charge in [0.1, 0.15) is 10.6 Å². The number of aromatic nitrogens is 2. The first-order valence-electron chi connectivity index (χ1n) is 11.1. The molecule has 4 rings (SSSR count). The summed E-state index contributed by atoms with van der Waals surface area (Å²) in [5, 5.41) is 2.21. The molecule has 0 N–H and O–H groups in total. The fourth-order valence-electron chi connectivity index (χ4n) is 3.96. The van der Waals surface area contributed by atoms with Crippen LogP contribution < -0.4 is 0 Å². The van der Waals surface area contributed by atoms with Crippen molar-refractivity contribution in [3.8, 4) is 0 Å². The van der Waals surface area contributed by atoms with E-state index in [0.717, 1.165) is 60.6 Å². The predicted molar refractivity (Wildman–Crippen MR) is 122 cm³/mol. The zero-order chi connectivity index (χ0) is 22.7. The van der Waals surface area contributed by atoms with Crippen LogP contribution >= 0.6 is 23.4 Å². The van der Waals surface area contributed by atoms with Crippen LogP contribution in [-0.4, -0.2) is 52.9 Å². The third kappa shape index (κ3) is 5.97. The van der Waals surface area contributed by atoms with E-state index in [0.29, 0.717) is 18.1 Å². The van der Waals surface area contributed by atoms with Gasteiger partial charge in [0.2, 0.25) is 0 Å². The Labute approximate surface area is 198 Å². The summed E-state index contributed by atoms with van der Waals surface area (Å²) >= 11 is 7.47. The molecular weight excluding hydrogens is 450 g/mol. The summed E-state index contributed by atoms with van der Waals surface area (Å²) < 4.78 is 17.3. The van der Waals surface area contributed by atoms with E-state index >= 15 is 0 Å². The molecule has 0 aliphatic carbocycles. The number of hydrogen-bond donors (Lipinski definition) is 0. The number of likely N-dealkylation sites (tertiary alicyclic amines) is 1. The highest BCUT2D eigenvalue weighted by Gasteiger charge is 2.32. The minimum absolute atomic E-state index is 0.223. The topological polar surface area (TPSA) is 77.7 Å². The van der Waals surface area contributed by atoms with Crippen molar-refractivity contribution in [2.75, 3.05) is 26.3 Å². The van der Waals surface area contributed by atoms with Crippen LogP contribution in [0.15, 0.2) is 32.9 Å². The largest absolute Gasteiger partial charge is 0.444 e. The third-order valence-electron chi connectivity index (χ3n) is 5.64. The summed E-state index contributed by atoms with van der Waals surface area (Å²) in [6, 6.07) is 3.71. The van der Waals surface area contributed by atoms with Crippen LogP contribution in [0.4, 0.5) is 4.79 Å². The molecule has 0 bridgehead atoms. The van der Waals surface area contributed by atoms with Gasteiger partial charge < -0.3 is 18.8 Å². The molecule has 2 fully saturated rings. The number of hydrogen-bond acceptors (Lipinski definition) is 7. The van der Waals surface area contributed by atoms with E-state index in [4.69, 9.17) is 30.5 Å². The quantitative estimate of drug-likeness (QED) is 0.541. The highest BCUT2D eigenvalue weighted by atomic mass is 35.5. The van der Waals surface area contributed by atoms with Crippen LogP contribution in [0.2, 0.25) is 5.02 Å². The summed E-state index contributed by atoms with van der Waals surface area (Å²) in [7, 11) is 0. The van der Waals surface area contributed by atoms with Crippen LogP contribution in [0.5, 0.6) is 0 Å². The Morgan fingerprint density at radius 3 is 2.50 bits per heavy atom. The Morgan fingerprint density at radius 2 is 1.88 bits per heavy atom. The van der Waals surface area contributed by atoms with Crippen molar-refractivity contribution in [1.82, 2.24) is 14.9 Å². The third-order valence-corrected chi connectivity index (χ3v) is 6.79. The second-order valence-corrected chi connectivity index (χ2v) is 10.7. The molecule has 2 aromatic heterocycles. The second-order valence-electron chi connectivity index (χ2n) is 9.27. The molecule has 2 aliphatic heterocycles. The summed E-state index contributed by atoms with van der Waals surface area (Å²) in [4.78, 5) is 23.6. The number of halogens is 1. The Morgan fingerprint density at radius 1 is 1.16 bits per heavy atom. The van der Waals surface area contributed by atoms with E-state index in [2.05, 4.69) is 4.98 Å². The van der Waals surface area contributed by atoms with Crippen molar-refractivity contribution in [3.05, 3.63) is 34.9 Å². The Hall–Kier alpha value is -1.77. The lowest BCUT2D eigenvalue weighted by molar-refractivity contribution is 0.0203. The molecule has 174 valence electrons. The summed E-state index contributed by atoms with van der Waals surface area (Å²) in [5.41, 5.74) is 0.478. The zero-order valence-corrected chi connectivity index (χ0v) is 20.4. The number of piperidine rings is 1. The maximum atomic E-state index is 12.4. The van der Waals surface area contributed by atoms with E-state index in [1.54, 1.807) is 11.1 Å². The number of oxazole rings is 1. The minimum atomic E-state index is -0.492. The molecule has 2 aliphatic rings. The van der Waals surface area contributed by atoms with Gasteiger partial charge in [-0.2, -0.15) is 0 Å². The molecule has 0 spiro atoms. The molecule has 32 heavy (non-hydrogen) atoms. The predicted octanol–water partition coefficient (Wildman–Crippen LogP) is 5.88. The first kappa shape index (κ1) is 23.4. The average molecular weight is 480 g/mol. The highest BCUT2D eigenvalue weighted by Crippen LogP contribution is 2.40. The molecule has 2 aromatic rings. The SMILES string of the molecule is CC(C)(C)OC(=O)N1CCC(c2nc(C3CCOCC3)oc2Sc2ccc(Cl)cn2)CC1. The van der Waals surface area contributed by atoms with Gasteiger partial charge in [-0.1, -0.05) is 11.6 Å². The Kier molecular flexibility index (Phi) is 7.32. The number of carbonyl (C=O) groups is 1. The maximum Gasteiger partial charge on any atom is 0.410 e. The first-order chi connectivity index (χ1) is 15.3. The number of nitrogens with zero attached hydrogens (tertiary/aromatic N) is 3. The first-order valence-corrected chi connectivity index (χ1v) is 12.3. The van der Waals surface area contributed by atoms with Crippen molar-refractivity contribution < 1.29 is 18.7 Å². The fraction of sp³-hybridized carbons (Fsp3) is 0.609. The normalized spacial score (nSPS) is 18.7. The van der Waals surface area contributed by atoms with Gasteiger partial charge in [-0.3, -0.25) is 0 Å². The van der Waals surface area contributed by atoms with Gasteiger partial charge in [0.25, 0.3) is 0 Å². The van der Waals surface area contributed by atoms with Gasteiger partial charge in [0, 0.05) is 44.3 Å². The molecule has 0 radical (unpaired) electrons. The fourth-order valence-corrected chi connectivity index (χ4v) is 4.95. The Balaban J connectivity index is 1.50. The number of ether oxygens (including phenoxy) is 2. The molecule has 0 aromatic carbocycles. The smallest absolute Gasteiger partial charge is 0.410 e. The standard InChI is InChI=1S/C23H30ClN3O4S/c1-23(2,3)31-22(28)27-10-6-15(7-11-27)19-21(32-18-5-4-17(24)14-25-18)30-20(26-19)16-8-12-29-13-9-16/h4-5,14-16H,6-13H2,1-3H3. The number of carbonyl (C=O) groups excluding carboxylic acids is 1. The maximum absolute atomic E-state index is 12.4. The summed E-state index contributed by atoms with van der Waals surface area (Å²) in [6.45, 7) is 8.41. The lowest BCUT2D eigenvalue weighted by atomic mass is 9.94. The summed E-state index contributed by atoms with van der Waals surface area (Å²) in [5.74, 6) is 1.28. The molecule has 2 saturated heterocycles. The summed E-state index contributed by atoms with van der Waals surface area (Å²) in [6.07, 6.45) is 4.86. The van der Waals surface area contributed by atoms with Gasteiger partial charge in [-0.25, -0.2) is 14.8 Å². The molecule has 0 saturated carbocycles. The van der Waals surface area contributed by atoms with Crippen LogP contribution in [0.3, 0.4) is 0 Å². The van der Waals surface area contributed by atoms with Crippen LogP contribution in [0, 0.1) is 0 Å². The lowest BCUT2D eigenvalue weighted by Gasteiger charge is -2.33. The van der Waals surface area contributed by atoms with Gasteiger partial charge in [0.15, 0.2) is 11.0 Å². The molecule has 0 atom stereocenters. The molecule has 1 amide bonds. The van der Waals surface area contributed by atoms with Crippen molar-refractivity contribution in [1.29, 1.82) is 0 Å². The zero-order valence-electron chi connectivity index (χ0n) is 18.8. The van der Waals surface area contributed by atoms with Gasteiger partial charge in [-0.15, -0.1) is 0 Å². The van der Waals surface area contributed by atoms with Crippen molar-refractivity contribution >= 4 is 29.5 Å². The van der Waals surface area contributed by atoms with E-state index in [1.165, 1.54) is 11.8 Å². The van der Waals surface area contributed by atoms with Crippen molar-refractivity contribution in [3.63, 3.8) is 0 Å². The van der Waals surface area contributed by atoms with Gasteiger partial charge >= 0.3 is 6.09 Å². The van der Waals surface area contributed by atoms with Crippen LogP contribution in [0.25, 0.3) is 0 Å². The lowest BCUT2D eigenvalue weighted by Crippen LogP contribution is -2.41. The van der Waals surface area contributed by atoms with E-state index in [1.807, 2.05) is 32.9 Å². The number of rotatable bonds is 4. The van der Waals surface area contributed by atoms with Gasteiger partial charge in [-0.05, 0) is 70.3 Å². The average Bonchev–Trinajstić information content (AvgIpc) is 3.19.